The Morgan fingerprint density at radius 1 is 1.21 bits per heavy atom. The first-order valence-corrected chi connectivity index (χ1v) is 7.93. The minimum absolute atomic E-state index is 0.0152. The predicted molar refractivity (Wildman–Crippen MR) is 76.0 cm³/mol. The van der Waals surface area contributed by atoms with Crippen molar-refractivity contribution >= 4 is 55.9 Å². The lowest BCUT2D eigenvalue weighted by atomic mass is 10.3. The Labute approximate surface area is 123 Å². The highest BCUT2D eigenvalue weighted by Crippen LogP contribution is 2.34. The minimum Gasteiger partial charge on any atom is -0.398 e. The number of hydrogen-bond acceptors (Lipinski definition) is 4. The smallest absolute Gasteiger partial charge is 0.271 e. The van der Waals surface area contributed by atoms with Crippen molar-refractivity contribution in [2.45, 2.75) is 4.21 Å². The van der Waals surface area contributed by atoms with E-state index >= 15 is 0 Å². The van der Waals surface area contributed by atoms with E-state index in [0.717, 1.165) is 23.5 Å². The second-order valence-electron chi connectivity index (χ2n) is 3.55. The lowest BCUT2D eigenvalue weighted by Crippen LogP contribution is -2.12. The third-order valence-corrected chi connectivity index (χ3v) is 5.51. The fourth-order valence-electron chi connectivity index (χ4n) is 1.30. The van der Waals surface area contributed by atoms with Gasteiger partial charge in [-0.1, -0.05) is 23.2 Å². The number of nitrogens with two attached hydrogens (primary N) is 1. The van der Waals surface area contributed by atoms with E-state index in [4.69, 9.17) is 28.9 Å². The van der Waals surface area contributed by atoms with Crippen LogP contribution in [0.15, 0.2) is 27.8 Å². The molecular weight excluding hydrogens is 334 g/mol. The van der Waals surface area contributed by atoms with Gasteiger partial charge < -0.3 is 5.73 Å². The summed E-state index contributed by atoms with van der Waals surface area (Å²) in [6.07, 6.45) is 0. The van der Waals surface area contributed by atoms with Crippen molar-refractivity contribution in [3.05, 3.63) is 39.4 Å². The molecule has 9 heteroatoms. The molecule has 1 heterocycles. The number of anilines is 2. The van der Waals surface area contributed by atoms with Gasteiger partial charge in [0.25, 0.3) is 10.0 Å². The molecule has 0 unspecified atom stereocenters. The highest BCUT2D eigenvalue weighted by atomic mass is 35.5. The summed E-state index contributed by atoms with van der Waals surface area (Å²) in [5, 5.41) is 1.24. The molecule has 102 valence electrons. The summed E-state index contributed by atoms with van der Waals surface area (Å²) in [7, 11) is -3.85. The van der Waals surface area contributed by atoms with Crippen molar-refractivity contribution in [3.63, 3.8) is 0 Å². The summed E-state index contributed by atoms with van der Waals surface area (Å²) in [6, 6.07) is 3.24. The Balaban J connectivity index is 2.41. The molecule has 3 N–H and O–H groups in total. The Kier molecular flexibility index (Phi) is 3.91. The lowest BCUT2D eigenvalue weighted by molar-refractivity contribution is 0.603. The van der Waals surface area contributed by atoms with E-state index in [1.165, 1.54) is 11.4 Å². The third-order valence-electron chi connectivity index (χ3n) is 2.10. The molecule has 0 saturated carbocycles. The van der Waals surface area contributed by atoms with E-state index < -0.39 is 15.8 Å². The van der Waals surface area contributed by atoms with Crippen LogP contribution in [-0.4, -0.2) is 8.42 Å². The van der Waals surface area contributed by atoms with E-state index in [0.29, 0.717) is 5.69 Å². The molecule has 1 aromatic carbocycles. The fraction of sp³-hybridized carbons (Fsp3) is 0. The zero-order valence-electron chi connectivity index (χ0n) is 9.15. The summed E-state index contributed by atoms with van der Waals surface area (Å²) in [5.41, 5.74) is 5.73. The monoisotopic (exact) mass is 340 g/mol. The zero-order chi connectivity index (χ0) is 14.2. The number of rotatable bonds is 3. The first-order valence-electron chi connectivity index (χ1n) is 4.81. The fourth-order valence-corrected chi connectivity index (χ4v) is 4.14. The van der Waals surface area contributed by atoms with Crippen molar-refractivity contribution in [1.82, 2.24) is 0 Å². The Morgan fingerprint density at radius 3 is 2.26 bits per heavy atom. The second-order valence-corrected chi connectivity index (χ2v) is 7.18. The molecule has 4 nitrogen and oxygen atoms in total. The van der Waals surface area contributed by atoms with Crippen LogP contribution < -0.4 is 10.5 Å². The van der Waals surface area contributed by atoms with Gasteiger partial charge >= 0.3 is 0 Å². The normalized spacial score (nSPS) is 11.5. The standard InChI is InChI=1S/C10H7Cl2FN2O2S2/c11-7-1-5(13)2-8(12)10(7)15-19(16,17)9-3-6(14)4-18-9/h1-4,15H,14H2. The molecule has 0 bridgehead atoms. The van der Waals surface area contributed by atoms with Crippen molar-refractivity contribution in [2.75, 3.05) is 10.5 Å². The molecule has 1 aromatic heterocycles. The van der Waals surface area contributed by atoms with Crippen LogP contribution in [0.4, 0.5) is 15.8 Å². The highest BCUT2D eigenvalue weighted by Gasteiger charge is 2.20. The van der Waals surface area contributed by atoms with Gasteiger partial charge in [0.15, 0.2) is 0 Å². The zero-order valence-corrected chi connectivity index (χ0v) is 12.3. The first-order chi connectivity index (χ1) is 8.79. The van der Waals surface area contributed by atoms with Gasteiger partial charge in [0.2, 0.25) is 0 Å². The van der Waals surface area contributed by atoms with Crippen LogP contribution in [0.1, 0.15) is 0 Å². The first kappa shape index (κ1) is 14.4. The molecule has 2 rings (SSSR count). The third kappa shape index (κ3) is 3.11. The van der Waals surface area contributed by atoms with Crippen molar-refractivity contribution < 1.29 is 12.8 Å². The molecule has 0 saturated heterocycles. The number of benzene rings is 1. The maximum atomic E-state index is 13.0. The van der Waals surface area contributed by atoms with E-state index in [1.54, 1.807) is 0 Å². The Morgan fingerprint density at radius 2 is 1.79 bits per heavy atom. The summed E-state index contributed by atoms with van der Waals surface area (Å²) < 4.78 is 39.3. The molecule has 2 aromatic rings. The average Bonchev–Trinajstić information content (AvgIpc) is 2.71. The molecule has 0 aliphatic carbocycles. The van der Waals surface area contributed by atoms with Gasteiger partial charge in [-0.2, -0.15) is 0 Å². The van der Waals surface area contributed by atoms with Crippen LogP contribution in [0.2, 0.25) is 10.0 Å². The summed E-state index contributed by atoms with van der Waals surface area (Å²) >= 11 is 12.5. The summed E-state index contributed by atoms with van der Waals surface area (Å²) in [6.45, 7) is 0. The maximum Gasteiger partial charge on any atom is 0.271 e. The van der Waals surface area contributed by atoms with Crippen LogP contribution in [0, 0.1) is 5.82 Å². The van der Waals surface area contributed by atoms with Gasteiger partial charge in [0, 0.05) is 11.1 Å². The summed E-state index contributed by atoms with van der Waals surface area (Å²) in [5.74, 6) is -0.654. The number of nitrogens with one attached hydrogen (secondary N) is 1. The van der Waals surface area contributed by atoms with Crippen molar-refractivity contribution in [2.24, 2.45) is 0 Å². The van der Waals surface area contributed by atoms with Gasteiger partial charge in [-0.25, -0.2) is 12.8 Å². The predicted octanol–water partition coefficient (Wildman–Crippen LogP) is 3.58. The van der Waals surface area contributed by atoms with Gasteiger partial charge in [0.05, 0.1) is 15.7 Å². The Hall–Kier alpha value is -1.02. The SMILES string of the molecule is Nc1csc(S(=O)(=O)Nc2c(Cl)cc(F)cc2Cl)c1. The molecule has 0 atom stereocenters. The quantitative estimate of drug-likeness (QED) is 0.896. The Bertz CT molecular complexity index is 708. The van der Waals surface area contributed by atoms with Gasteiger partial charge in [-0.05, 0) is 18.2 Å². The number of sulfonamides is 1. The maximum absolute atomic E-state index is 13.0. The second kappa shape index (κ2) is 5.16. The molecule has 0 spiro atoms. The van der Waals surface area contributed by atoms with Gasteiger partial charge in [0.1, 0.15) is 10.0 Å². The van der Waals surface area contributed by atoms with Crippen LogP contribution in [0.25, 0.3) is 0 Å². The van der Waals surface area contributed by atoms with E-state index in [-0.39, 0.29) is 19.9 Å². The van der Waals surface area contributed by atoms with Gasteiger partial charge in [-0.3, -0.25) is 4.72 Å². The largest absolute Gasteiger partial charge is 0.398 e. The molecular formula is C10H7Cl2FN2O2S2. The number of nitrogen functional groups attached to an aromatic ring is 1. The lowest BCUT2D eigenvalue weighted by Gasteiger charge is -2.10. The molecule has 0 aliphatic heterocycles. The van der Waals surface area contributed by atoms with Crippen LogP contribution in [0.3, 0.4) is 0 Å². The van der Waals surface area contributed by atoms with E-state index in [1.807, 2.05) is 0 Å². The van der Waals surface area contributed by atoms with Crippen molar-refractivity contribution in [3.8, 4) is 0 Å². The van der Waals surface area contributed by atoms with Gasteiger partial charge in [-0.15, -0.1) is 11.3 Å². The molecule has 19 heavy (non-hydrogen) atoms. The van der Waals surface area contributed by atoms with Crippen LogP contribution >= 0.6 is 34.5 Å². The van der Waals surface area contributed by atoms with Crippen LogP contribution in [-0.2, 0) is 10.0 Å². The van der Waals surface area contributed by atoms with E-state index in [9.17, 15) is 12.8 Å². The number of thiophene rings is 1. The number of halogens is 3. The van der Waals surface area contributed by atoms with Crippen molar-refractivity contribution in [1.29, 1.82) is 0 Å². The highest BCUT2D eigenvalue weighted by molar-refractivity contribution is 7.94. The minimum atomic E-state index is -3.85. The molecule has 0 fully saturated rings. The molecule has 0 amide bonds. The topological polar surface area (TPSA) is 72.2 Å². The molecule has 0 aliphatic rings. The summed E-state index contributed by atoms with van der Waals surface area (Å²) in [4.78, 5) is 0. The molecule has 0 radical (unpaired) electrons. The number of hydrogen-bond donors (Lipinski definition) is 2. The van der Waals surface area contributed by atoms with Crippen LogP contribution in [0.5, 0.6) is 0 Å². The van der Waals surface area contributed by atoms with E-state index in [2.05, 4.69) is 4.72 Å². The average molecular weight is 341 g/mol.